The Labute approximate surface area is 115 Å². The summed E-state index contributed by atoms with van der Waals surface area (Å²) in [5, 5.41) is 2.78. The van der Waals surface area contributed by atoms with E-state index in [1.54, 1.807) is 4.90 Å². The molecular weight excluding hydrogens is 244 g/mol. The van der Waals surface area contributed by atoms with E-state index in [4.69, 9.17) is 5.73 Å². The third-order valence-electron chi connectivity index (χ3n) is 3.47. The molecule has 1 aliphatic heterocycles. The number of nitrogens with one attached hydrogen (secondary N) is 1. The van der Waals surface area contributed by atoms with Crippen LogP contribution < -0.4 is 11.1 Å². The number of carbonyl (C=O) groups excluding carboxylic acids is 2. The molecule has 6 nitrogen and oxygen atoms in total. The predicted octanol–water partition coefficient (Wildman–Crippen LogP) is 0.235. The number of nitrogens with zero attached hydrogens (tertiary/aromatic N) is 2. The van der Waals surface area contributed by atoms with Crippen LogP contribution in [0.5, 0.6) is 0 Å². The number of hydrogen-bond acceptors (Lipinski definition) is 3. The molecule has 0 spiro atoms. The van der Waals surface area contributed by atoms with Crippen molar-refractivity contribution in [2.24, 2.45) is 11.7 Å². The summed E-state index contributed by atoms with van der Waals surface area (Å²) >= 11 is 0. The second-order valence-electron chi connectivity index (χ2n) is 4.98. The standard InChI is InChI=1S/C13H26N4O2/c1-3-15-13(19)17-9-7-16(8-10-17)12(18)11(2)5-4-6-14/h11H,3-10,14H2,1-2H3,(H,15,19). The van der Waals surface area contributed by atoms with Crippen LogP contribution in [0.1, 0.15) is 26.7 Å². The first-order valence-electron chi connectivity index (χ1n) is 7.11. The van der Waals surface area contributed by atoms with Crippen LogP contribution in [0, 0.1) is 5.92 Å². The number of amides is 3. The first-order chi connectivity index (χ1) is 9.10. The van der Waals surface area contributed by atoms with E-state index in [0.29, 0.717) is 39.3 Å². The molecule has 3 N–H and O–H groups in total. The summed E-state index contributed by atoms with van der Waals surface area (Å²) in [6, 6.07) is -0.0363. The van der Waals surface area contributed by atoms with Crippen LogP contribution in [-0.2, 0) is 4.79 Å². The summed E-state index contributed by atoms with van der Waals surface area (Å²) in [6.45, 7) is 7.59. The first-order valence-corrected chi connectivity index (χ1v) is 7.11. The maximum Gasteiger partial charge on any atom is 0.317 e. The van der Waals surface area contributed by atoms with E-state index >= 15 is 0 Å². The van der Waals surface area contributed by atoms with Gasteiger partial charge in [0.05, 0.1) is 0 Å². The molecule has 110 valence electrons. The van der Waals surface area contributed by atoms with Crippen LogP contribution in [0.15, 0.2) is 0 Å². The van der Waals surface area contributed by atoms with Crippen molar-refractivity contribution in [3.05, 3.63) is 0 Å². The molecule has 6 heteroatoms. The van der Waals surface area contributed by atoms with Crippen LogP contribution in [0.4, 0.5) is 4.79 Å². The van der Waals surface area contributed by atoms with E-state index in [0.717, 1.165) is 12.8 Å². The van der Waals surface area contributed by atoms with E-state index in [1.807, 2.05) is 18.7 Å². The van der Waals surface area contributed by atoms with Crippen molar-refractivity contribution < 1.29 is 9.59 Å². The van der Waals surface area contributed by atoms with E-state index in [9.17, 15) is 9.59 Å². The zero-order valence-corrected chi connectivity index (χ0v) is 12.0. The molecule has 1 saturated heterocycles. The Bertz CT molecular complexity index is 301. The zero-order chi connectivity index (χ0) is 14.3. The Hall–Kier alpha value is -1.30. The highest BCUT2D eigenvalue weighted by molar-refractivity contribution is 5.79. The van der Waals surface area contributed by atoms with E-state index in [-0.39, 0.29) is 17.9 Å². The van der Waals surface area contributed by atoms with E-state index in [1.165, 1.54) is 0 Å². The van der Waals surface area contributed by atoms with Gasteiger partial charge < -0.3 is 20.9 Å². The van der Waals surface area contributed by atoms with Crippen molar-refractivity contribution in [2.75, 3.05) is 39.3 Å². The van der Waals surface area contributed by atoms with Crippen molar-refractivity contribution in [1.82, 2.24) is 15.1 Å². The van der Waals surface area contributed by atoms with Gasteiger partial charge in [-0.3, -0.25) is 4.79 Å². The zero-order valence-electron chi connectivity index (χ0n) is 12.0. The lowest BCUT2D eigenvalue weighted by molar-refractivity contribution is -0.136. The molecule has 1 rings (SSSR count). The SMILES string of the molecule is CCNC(=O)N1CCN(C(=O)C(C)CCCN)CC1. The first kappa shape index (κ1) is 15.8. The van der Waals surface area contributed by atoms with Crippen molar-refractivity contribution in [3.63, 3.8) is 0 Å². The molecule has 1 unspecified atom stereocenters. The molecule has 1 aliphatic rings. The minimum Gasteiger partial charge on any atom is -0.339 e. The van der Waals surface area contributed by atoms with Gasteiger partial charge in [-0.1, -0.05) is 6.92 Å². The average molecular weight is 270 g/mol. The third-order valence-corrected chi connectivity index (χ3v) is 3.47. The third kappa shape index (κ3) is 4.70. The van der Waals surface area contributed by atoms with Gasteiger partial charge in [-0.2, -0.15) is 0 Å². The highest BCUT2D eigenvalue weighted by Crippen LogP contribution is 2.12. The average Bonchev–Trinajstić information content (AvgIpc) is 2.44. The number of nitrogens with two attached hydrogens (primary N) is 1. The summed E-state index contributed by atoms with van der Waals surface area (Å²) in [5.74, 6) is 0.212. The topological polar surface area (TPSA) is 78.7 Å². The quantitative estimate of drug-likeness (QED) is 0.751. The molecule has 0 radical (unpaired) electrons. The molecule has 1 heterocycles. The lowest BCUT2D eigenvalue weighted by Crippen LogP contribution is -2.54. The molecular formula is C13H26N4O2. The molecule has 3 amide bonds. The summed E-state index contributed by atoms with van der Waals surface area (Å²) in [6.07, 6.45) is 1.72. The highest BCUT2D eigenvalue weighted by Gasteiger charge is 2.26. The van der Waals surface area contributed by atoms with Crippen molar-refractivity contribution >= 4 is 11.9 Å². The maximum atomic E-state index is 12.2. The molecule has 0 saturated carbocycles. The van der Waals surface area contributed by atoms with E-state index in [2.05, 4.69) is 5.32 Å². The molecule has 1 fully saturated rings. The van der Waals surface area contributed by atoms with Gasteiger partial charge in [0.1, 0.15) is 0 Å². The Balaban J connectivity index is 2.36. The Kier molecular flexibility index (Phi) is 6.62. The van der Waals surface area contributed by atoms with Crippen molar-refractivity contribution in [1.29, 1.82) is 0 Å². The van der Waals surface area contributed by atoms with Gasteiger partial charge in [-0.15, -0.1) is 0 Å². The largest absolute Gasteiger partial charge is 0.339 e. The molecule has 0 aromatic heterocycles. The van der Waals surface area contributed by atoms with Crippen LogP contribution in [0.3, 0.4) is 0 Å². The highest BCUT2D eigenvalue weighted by atomic mass is 16.2. The predicted molar refractivity (Wildman–Crippen MR) is 74.7 cm³/mol. The number of rotatable bonds is 5. The lowest BCUT2D eigenvalue weighted by Gasteiger charge is -2.35. The minimum absolute atomic E-state index is 0.0274. The van der Waals surface area contributed by atoms with Crippen LogP contribution in [0.25, 0.3) is 0 Å². The van der Waals surface area contributed by atoms with E-state index < -0.39 is 0 Å². The molecule has 0 aliphatic carbocycles. The summed E-state index contributed by atoms with van der Waals surface area (Å²) in [5.41, 5.74) is 5.46. The maximum absolute atomic E-state index is 12.2. The number of hydrogen-bond donors (Lipinski definition) is 2. The monoisotopic (exact) mass is 270 g/mol. The van der Waals surface area contributed by atoms with Gasteiger partial charge in [0.2, 0.25) is 5.91 Å². The summed E-state index contributed by atoms with van der Waals surface area (Å²) in [7, 11) is 0. The molecule has 0 aromatic rings. The minimum atomic E-state index is -0.0363. The number of urea groups is 1. The van der Waals surface area contributed by atoms with Gasteiger partial charge in [0.25, 0.3) is 0 Å². The molecule has 0 bridgehead atoms. The Morgan fingerprint density at radius 2 is 1.79 bits per heavy atom. The fourth-order valence-electron chi connectivity index (χ4n) is 2.25. The molecule has 1 atom stereocenters. The normalized spacial score (nSPS) is 17.2. The van der Waals surface area contributed by atoms with Gasteiger partial charge >= 0.3 is 6.03 Å². The van der Waals surface area contributed by atoms with Crippen LogP contribution in [-0.4, -0.2) is 61.0 Å². The van der Waals surface area contributed by atoms with Crippen LogP contribution >= 0.6 is 0 Å². The Morgan fingerprint density at radius 3 is 2.32 bits per heavy atom. The van der Waals surface area contributed by atoms with Crippen molar-refractivity contribution in [2.45, 2.75) is 26.7 Å². The molecule has 0 aromatic carbocycles. The van der Waals surface area contributed by atoms with Gasteiger partial charge in [-0.25, -0.2) is 4.79 Å². The fraction of sp³-hybridized carbons (Fsp3) is 0.846. The Morgan fingerprint density at radius 1 is 1.21 bits per heavy atom. The second-order valence-corrected chi connectivity index (χ2v) is 4.98. The number of piperazine rings is 1. The summed E-state index contributed by atoms with van der Waals surface area (Å²) in [4.78, 5) is 27.4. The molecule has 19 heavy (non-hydrogen) atoms. The number of carbonyl (C=O) groups is 2. The fourth-order valence-corrected chi connectivity index (χ4v) is 2.25. The smallest absolute Gasteiger partial charge is 0.317 e. The van der Waals surface area contributed by atoms with Crippen molar-refractivity contribution in [3.8, 4) is 0 Å². The lowest BCUT2D eigenvalue weighted by atomic mass is 10.0. The van der Waals surface area contributed by atoms with Gasteiger partial charge in [0.15, 0.2) is 0 Å². The second kappa shape index (κ2) is 7.99. The van der Waals surface area contributed by atoms with Gasteiger partial charge in [0, 0.05) is 38.6 Å². The summed E-state index contributed by atoms with van der Waals surface area (Å²) < 4.78 is 0. The van der Waals surface area contributed by atoms with Gasteiger partial charge in [-0.05, 0) is 26.3 Å². The van der Waals surface area contributed by atoms with Crippen LogP contribution in [0.2, 0.25) is 0 Å².